The van der Waals surface area contributed by atoms with Gasteiger partial charge in [0.15, 0.2) is 9.84 Å². The topological polar surface area (TPSA) is 88.7 Å². The summed E-state index contributed by atoms with van der Waals surface area (Å²) in [4.78, 5) is 15.1. The van der Waals surface area contributed by atoms with Crippen molar-refractivity contribution in [2.45, 2.75) is 18.1 Å². The molecule has 0 bridgehead atoms. The molecule has 0 radical (unpaired) electrons. The largest absolute Gasteiger partial charge is 0.478 e. The molecule has 1 saturated heterocycles. The molecule has 0 aromatic carbocycles. The number of hydrogen-bond acceptors (Lipinski definition) is 4. The van der Waals surface area contributed by atoms with Gasteiger partial charge in [-0.3, -0.25) is 0 Å². The molecule has 7 heteroatoms. The minimum Gasteiger partial charge on any atom is -0.478 e. The molecular weight excluding hydrogens is 268 g/mol. The maximum absolute atomic E-state index is 12.0. The first-order valence-corrected chi connectivity index (χ1v) is 7.62. The lowest BCUT2D eigenvalue weighted by Crippen LogP contribution is -2.12. The van der Waals surface area contributed by atoms with Crippen LogP contribution in [0.4, 0.5) is 0 Å². The lowest BCUT2D eigenvalue weighted by molar-refractivity contribution is 0.0696. The molecule has 1 fully saturated rings. The average Bonchev–Trinajstić information content (AvgIpc) is 2.90. The molecule has 1 atom stereocenters. The predicted molar refractivity (Wildman–Crippen MR) is 67.9 cm³/mol. The van der Waals surface area contributed by atoms with Crippen LogP contribution in [-0.4, -0.2) is 34.6 Å². The van der Waals surface area contributed by atoms with Gasteiger partial charge in [0, 0.05) is 6.20 Å². The second-order valence-electron chi connectivity index (χ2n) is 4.63. The minimum atomic E-state index is -3.17. The van der Waals surface area contributed by atoms with Crippen LogP contribution in [0.15, 0.2) is 24.5 Å². The zero-order chi connectivity index (χ0) is 13.6. The SMILES string of the molecule is O=C(O)c1ccc2cnc(C3CCCS3(=O)=O)n2c1. The Bertz CT molecular complexity index is 763. The third-order valence-electron chi connectivity index (χ3n) is 3.42. The summed E-state index contributed by atoms with van der Waals surface area (Å²) in [6.07, 6.45) is 4.15. The monoisotopic (exact) mass is 280 g/mol. The molecule has 6 nitrogen and oxygen atoms in total. The van der Waals surface area contributed by atoms with Crippen molar-refractivity contribution in [1.82, 2.24) is 9.38 Å². The van der Waals surface area contributed by atoms with Crippen LogP contribution in [0.3, 0.4) is 0 Å². The number of aromatic nitrogens is 2. The standard InChI is InChI=1S/C12H12N2O4S/c15-12(16)8-3-4-9-6-13-11(14(9)7-8)10-2-1-5-19(10,17)18/h3-4,6-7,10H,1-2,5H2,(H,15,16). The Hall–Kier alpha value is -1.89. The highest BCUT2D eigenvalue weighted by Crippen LogP contribution is 2.34. The lowest BCUT2D eigenvalue weighted by atomic mass is 10.2. The summed E-state index contributed by atoms with van der Waals surface area (Å²) in [5.41, 5.74) is 0.809. The maximum Gasteiger partial charge on any atom is 0.337 e. The van der Waals surface area contributed by atoms with E-state index in [2.05, 4.69) is 4.98 Å². The van der Waals surface area contributed by atoms with Crippen molar-refractivity contribution in [3.05, 3.63) is 35.9 Å². The number of rotatable bonds is 2. The van der Waals surface area contributed by atoms with E-state index in [4.69, 9.17) is 5.11 Å². The fourth-order valence-electron chi connectivity index (χ4n) is 2.46. The van der Waals surface area contributed by atoms with Crippen molar-refractivity contribution < 1.29 is 18.3 Å². The Balaban J connectivity index is 2.19. The summed E-state index contributed by atoms with van der Waals surface area (Å²) >= 11 is 0. The molecule has 1 unspecified atom stereocenters. The van der Waals surface area contributed by atoms with E-state index in [9.17, 15) is 13.2 Å². The van der Waals surface area contributed by atoms with Crippen LogP contribution in [0.1, 0.15) is 34.3 Å². The molecule has 2 aromatic rings. The average molecular weight is 280 g/mol. The Labute approximate surface area is 109 Å². The number of aromatic carboxylic acids is 1. The van der Waals surface area contributed by atoms with Gasteiger partial charge in [-0.05, 0) is 25.0 Å². The molecule has 100 valence electrons. The lowest BCUT2D eigenvalue weighted by Gasteiger charge is -2.08. The van der Waals surface area contributed by atoms with Crippen molar-refractivity contribution in [2.24, 2.45) is 0 Å². The van der Waals surface area contributed by atoms with Crippen molar-refractivity contribution in [2.75, 3.05) is 5.75 Å². The van der Waals surface area contributed by atoms with E-state index in [0.29, 0.717) is 24.2 Å². The van der Waals surface area contributed by atoms with E-state index < -0.39 is 21.1 Å². The molecular formula is C12H12N2O4S. The number of imidazole rings is 1. The third-order valence-corrected chi connectivity index (χ3v) is 5.59. The highest BCUT2D eigenvalue weighted by atomic mass is 32.2. The number of hydrogen-bond donors (Lipinski definition) is 1. The van der Waals surface area contributed by atoms with Crippen molar-refractivity contribution in [3.63, 3.8) is 0 Å². The second-order valence-corrected chi connectivity index (χ2v) is 6.94. The molecule has 2 aromatic heterocycles. The highest BCUT2D eigenvalue weighted by Gasteiger charge is 2.35. The van der Waals surface area contributed by atoms with E-state index in [0.717, 1.165) is 0 Å². The van der Waals surface area contributed by atoms with Crippen LogP contribution in [-0.2, 0) is 9.84 Å². The normalized spacial score (nSPS) is 21.8. The zero-order valence-corrected chi connectivity index (χ0v) is 10.8. The van der Waals surface area contributed by atoms with Crippen LogP contribution in [0.2, 0.25) is 0 Å². The number of sulfone groups is 1. The van der Waals surface area contributed by atoms with E-state index in [1.807, 2.05) is 0 Å². The van der Waals surface area contributed by atoms with Gasteiger partial charge in [0.2, 0.25) is 0 Å². The third kappa shape index (κ3) is 1.90. The molecule has 3 rings (SSSR count). The van der Waals surface area contributed by atoms with Crippen LogP contribution >= 0.6 is 0 Å². The van der Waals surface area contributed by atoms with Gasteiger partial charge >= 0.3 is 5.97 Å². The van der Waals surface area contributed by atoms with Crippen LogP contribution < -0.4 is 0 Å². The summed E-state index contributed by atoms with van der Waals surface area (Å²) in [5, 5.41) is 8.36. The van der Waals surface area contributed by atoms with Crippen molar-refractivity contribution in [3.8, 4) is 0 Å². The molecule has 3 heterocycles. The summed E-state index contributed by atoms with van der Waals surface area (Å²) in [7, 11) is -3.17. The van der Waals surface area contributed by atoms with Gasteiger partial charge in [-0.25, -0.2) is 18.2 Å². The van der Waals surface area contributed by atoms with Gasteiger partial charge in [-0.2, -0.15) is 0 Å². The Morgan fingerprint density at radius 2 is 2.21 bits per heavy atom. The minimum absolute atomic E-state index is 0.113. The molecule has 0 saturated carbocycles. The zero-order valence-electron chi connectivity index (χ0n) is 9.98. The molecule has 0 spiro atoms. The van der Waals surface area contributed by atoms with Gasteiger partial charge in [0.25, 0.3) is 0 Å². The summed E-state index contributed by atoms with van der Waals surface area (Å²) in [6.45, 7) is 0. The Morgan fingerprint density at radius 1 is 1.42 bits per heavy atom. The van der Waals surface area contributed by atoms with Gasteiger partial charge in [0.05, 0.1) is 23.0 Å². The number of pyridine rings is 1. The maximum atomic E-state index is 12.0. The fourth-order valence-corrected chi connectivity index (χ4v) is 4.33. The number of carboxylic acids is 1. The van der Waals surface area contributed by atoms with Crippen molar-refractivity contribution in [1.29, 1.82) is 0 Å². The van der Waals surface area contributed by atoms with Crippen LogP contribution in [0.25, 0.3) is 5.52 Å². The van der Waals surface area contributed by atoms with Gasteiger partial charge in [0.1, 0.15) is 11.1 Å². The Morgan fingerprint density at radius 3 is 2.84 bits per heavy atom. The molecule has 19 heavy (non-hydrogen) atoms. The fraction of sp³-hybridized carbons (Fsp3) is 0.333. The molecule has 0 amide bonds. The van der Waals surface area contributed by atoms with Crippen molar-refractivity contribution >= 4 is 21.3 Å². The van der Waals surface area contributed by atoms with E-state index in [1.165, 1.54) is 12.3 Å². The van der Waals surface area contributed by atoms with Crippen LogP contribution in [0, 0.1) is 0 Å². The summed E-state index contributed by atoms with van der Waals surface area (Å²) in [5.74, 6) is -0.461. The van der Waals surface area contributed by atoms with E-state index in [1.54, 1.807) is 16.7 Å². The molecule has 1 aliphatic rings. The first kappa shape index (κ1) is 12.2. The smallest absolute Gasteiger partial charge is 0.337 e. The second kappa shape index (κ2) is 4.06. The molecule has 1 N–H and O–H groups in total. The van der Waals surface area contributed by atoms with Gasteiger partial charge in [-0.15, -0.1) is 0 Å². The summed E-state index contributed by atoms with van der Waals surface area (Å²) < 4.78 is 25.5. The Kier molecular flexibility index (Phi) is 2.60. The number of carbonyl (C=O) groups is 1. The van der Waals surface area contributed by atoms with E-state index >= 15 is 0 Å². The number of carboxylic acid groups (broad SMARTS) is 1. The predicted octanol–water partition coefficient (Wildman–Crippen LogP) is 1.28. The quantitative estimate of drug-likeness (QED) is 0.895. The summed E-state index contributed by atoms with van der Waals surface area (Å²) in [6, 6.07) is 3.10. The molecule has 0 aliphatic carbocycles. The number of nitrogens with zero attached hydrogens (tertiary/aromatic N) is 2. The number of fused-ring (bicyclic) bond motifs is 1. The van der Waals surface area contributed by atoms with Gasteiger partial charge < -0.3 is 9.51 Å². The van der Waals surface area contributed by atoms with Gasteiger partial charge in [-0.1, -0.05) is 0 Å². The highest BCUT2D eigenvalue weighted by molar-refractivity contribution is 7.91. The van der Waals surface area contributed by atoms with Crippen LogP contribution in [0.5, 0.6) is 0 Å². The van der Waals surface area contributed by atoms with E-state index in [-0.39, 0.29) is 11.3 Å². The molecule has 1 aliphatic heterocycles. The first-order valence-electron chi connectivity index (χ1n) is 5.91. The first-order chi connectivity index (χ1) is 8.99.